The Morgan fingerprint density at radius 3 is 1.47 bits per heavy atom. The van der Waals surface area contributed by atoms with E-state index in [0.29, 0.717) is 16.7 Å². The Morgan fingerprint density at radius 1 is 0.647 bits per heavy atom. The highest BCUT2D eigenvalue weighted by Gasteiger charge is 2.50. The SMILES string of the molecule is CN(C)C(=O)c1ccc(C(c2ccccc2)C(C(=O)O)(c2ccccc2)c2ccccc2)cc1. The summed E-state index contributed by atoms with van der Waals surface area (Å²) in [6.45, 7) is 0. The van der Waals surface area contributed by atoms with E-state index < -0.39 is 17.3 Å². The molecule has 4 rings (SSSR count). The Morgan fingerprint density at radius 2 is 1.06 bits per heavy atom. The van der Waals surface area contributed by atoms with E-state index in [9.17, 15) is 14.7 Å². The van der Waals surface area contributed by atoms with Crippen LogP contribution in [0.2, 0.25) is 0 Å². The average Bonchev–Trinajstić information content (AvgIpc) is 2.88. The van der Waals surface area contributed by atoms with Gasteiger partial charge in [0.1, 0.15) is 5.41 Å². The summed E-state index contributed by atoms with van der Waals surface area (Å²) in [7, 11) is 3.42. The zero-order valence-corrected chi connectivity index (χ0v) is 19.3. The van der Waals surface area contributed by atoms with Gasteiger partial charge in [0.2, 0.25) is 0 Å². The second kappa shape index (κ2) is 9.75. The number of carboxylic acids is 1. The van der Waals surface area contributed by atoms with Gasteiger partial charge in [0.05, 0.1) is 0 Å². The van der Waals surface area contributed by atoms with Crippen molar-refractivity contribution in [3.05, 3.63) is 143 Å². The molecule has 170 valence electrons. The Hall–Kier alpha value is -4.18. The van der Waals surface area contributed by atoms with Crippen molar-refractivity contribution >= 4 is 11.9 Å². The maximum Gasteiger partial charge on any atom is 0.319 e. The highest BCUT2D eigenvalue weighted by atomic mass is 16.4. The molecule has 0 spiro atoms. The predicted octanol–water partition coefficient (Wildman–Crippen LogP) is 5.59. The van der Waals surface area contributed by atoms with Crippen molar-refractivity contribution < 1.29 is 14.7 Å². The van der Waals surface area contributed by atoms with Gasteiger partial charge in [-0.3, -0.25) is 9.59 Å². The predicted molar refractivity (Wildman–Crippen MR) is 134 cm³/mol. The molecule has 0 bridgehead atoms. The van der Waals surface area contributed by atoms with E-state index in [1.165, 1.54) is 4.90 Å². The summed E-state index contributed by atoms with van der Waals surface area (Å²) in [6, 6.07) is 35.8. The number of hydrogen-bond donors (Lipinski definition) is 1. The number of benzene rings is 4. The third kappa shape index (κ3) is 4.11. The number of aliphatic carboxylic acids is 1. The van der Waals surface area contributed by atoms with Gasteiger partial charge in [-0.25, -0.2) is 0 Å². The van der Waals surface area contributed by atoms with Gasteiger partial charge in [-0.15, -0.1) is 0 Å². The minimum Gasteiger partial charge on any atom is -0.480 e. The summed E-state index contributed by atoms with van der Waals surface area (Å²) < 4.78 is 0. The van der Waals surface area contributed by atoms with Crippen molar-refractivity contribution in [3.63, 3.8) is 0 Å². The maximum absolute atomic E-state index is 13.4. The molecule has 0 aliphatic heterocycles. The quantitative estimate of drug-likeness (QED) is 0.400. The fraction of sp³-hybridized carbons (Fsp3) is 0.133. The van der Waals surface area contributed by atoms with E-state index in [4.69, 9.17) is 0 Å². The van der Waals surface area contributed by atoms with Gasteiger partial charge in [-0.05, 0) is 34.4 Å². The summed E-state index contributed by atoms with van der Waals surface area (Å²) in [6.07, 6.45) is 0. The van der Waals surface area contributed by atoms with Crippen LogP contribution in [0.1, 0.15) is 38.5 Å². The molecule has 4 aromatic rings. The van der Waals surface area contributed by atoms with Gasteiger partial charge in [-0.2, -0.15) is 0 Å². The average molecular weight is 450 g/mol. The Balaban J connectivity index is 2.03. The van der Waals surface area contributed by atoms with E-state index in [-0.39, 0.29) is 5.91 Å². The molecular formula is C30H27NO3. The molecule has 0 aliphatic rings. The summed E-state index contributed by atoms with van der Waals surface area (Å²) in [5.41, 5.74) is 2.24. The molecule has 0 aromatic heterocycles. The smallest absolute Gasteiger partial charge is 0.319 e. The first-order valence-electron chi connectivity index (χ1n) is 11.2. The van der Waals surface area contributed by atoms with Crippen LogP contribution in [0, 0.1) is 0 Å². The molecule has 0 fully saturated rings. The highest BCUT2D eigenvalue weighted by Crippen LogP contribution is 2.48. The highest BCUT2D eigenvalue weighted by molar-refractivity contribution is 5.94. The lowest BCUT2D eigenvalue weighted by Crippen LogP contribution is -2.43. The van der Waals surface area contributed by atoms with Crippen LogP contribution in [-0.4, -0.2) is 36.0 Å². The van der Waals surface area contributed by atoms with E-state index in [1.54, 1.807) is 26.2 Å². The summed E-state index contributed by atoms with van der Waals surface area (Å²) in [4.78, 5) is 27.4. The van der Waals surface area contributed by atoms with E-state index in [1.807, 2.05) is 103 Å². The summed E-state index contributed by atoms with van der Waals surface area (Å²) in [5, 5.41) is 11.0. The molecule has 1 amide bonds. The number of carbonyl (C=O) groups is 2. The van der Waals surface area contributed by atoms with Crippen LogP contribution < -0.4 is 0 Å². The van der Waals surface area contributed by atoms with Gasteiger partial charge in [0.15, 0.2) is 0 Å². The van der Waals surface area contributed by atoms with Gasteiger partial charge >= 0.3 is 5.97 Å². The van der Waals surface area contributed by atoms with Crippen molar-refractivity contribution in [2.24, 2.45) is 0 Å². The second-order valence-electron chi connectivity index (χ2n) is 8.51. The second-order valence-corrected chi connectivity index (χ2v) is 8.51. The standard InChI is InChI=1S/C30H27NO3/c1-31(2)28(32)24-20-18-23(19-21-24)27(22-12-6-3-7-13-22)30(29(33)34,25-14-8-4-9-15-25)26-16-10-5-11-17-26/h3-21,27H,1-2H3,(H,33,34). The van der Waals surface area contributed by atoms with Crippen LogP contribution >= 0.6 is 0 Å². The van der Waals surface area contributed by atoms with Crippen LogP contribution in [0.3, 0.4) is 0 Å². The Bertz CT molecular complexity index is 1210. The zero-order chi connectivity index (χ0) is 24.1. The molecule has 4 heteroatoms. The largest absolute Gasteiger partial charge is 0.480 e. The molecule has 0 saturated heterocycles. The van der Waals surface area contributed by atoms with Crippen LogP contribution in [0.15, 0.2) is 115 Å². The van der Waals surface area contributed by atoms with Crippen LogP contribution in [0.5, 0.6) is 0 Å². The third-order valence-electron chi connectivity index (χ3n) is 6.26. The number of hydrogen-bond acceptors (Lipinski definition) is 2. The number of carbonyl (C=O) groups excluding carboxylic acids is 1. The van der Waals surface area contributed by atoms with Gasteiger partial charge < -0.3 is 10.0 Å². The maximum atomic E-state index is 13.4. The van der Waals surface area contributed by atoms with Crippen molar-refractivity contribution in [1.29, 1.82) is 0 Å². The molecule has 0 heterocycles. The van der Waals surface area contributed by atoms with Gasteiger partial charge in [-0.1, -0.05) is 103 Å². The van der Waals surface area contributed by atoms with Crippen molar-refractivity contribution in [1.82, 2.24) is 4.90 Å². The molecule has 1 N–H and O–H groups in total. The molecule has 0 aliphatic carbocycles. The first-order valence-corrected chi connectivity index (χ1v) is 11.2. The lowest BCUT2D eigenvalue weighted by molar-refractivity contribution is -0.142. The number of rotatable bonds is 7. The van der Waals surface area contributed by atoms with Gasteiger partial charge in [0.25, 0.3) is 5.91 Å². The van der Waals surface area contributed by atoms with Crippen molar-refractivity contribution in [3.8, 4) is 0 Å². The number of amides is 1. The number of carboxylic acid groups (broad SMARTS) is 1. The number of nitrogens with zero attached hydrogens (tertiary/aromatic N) is 1. The lowest BCUT2D eigenvalue weighted by atomic mass is 9.61. The topological polar surface area (TPSA) is 57.6 Å². The molecule has 34 heavy (non-hydrogen) atoms. The van der Waals surface area contributed by atoms with E-state index >= 15 is 0 Å². The molecule has 1 unspecified atom stereocenters. The molecule has 1 atom stereocenters. The molecular weight excluding hydrogens is 422 g/mol. The van der Waals surface area contributed by atoms with Crippen LogP contribution in [-0.2, 0) is 10.2 Å². The van der Waals surface area contributed by atoms with Gasteiger partial charge in [0, 0.05) is 25.6 Å². The lowest BCUT2D eigenvalue weighted by Gasteiger charge is -2.39. The van der Waals surface area contributed by atoms with E-state index in [2.05, 4.69) is 0 Å². The summed E-state index contributed by atoms with van der Waals surface area (Å²) >= 11 is 0. The van der Waals surface area contributed by atoms with Crippen LogP contribution in [0.4, 0.5) is 0 Å². The first-order chi connectivity index (χ1) is 16.5. The fourth-order valence-corrected chi connectivity index (χ4v) is 4.69. The minimum atomic E-state index is -1.39. The van der Waals surface area contributed by atoms with Crippen LogP contribution in [0.25, 0.3) is 0 Å². The zero-order valence-electron chi connectivity index (χ0n) is 19.3. The van der Waals surface area contributed by atoms with E-state index in [0.717, 1.165) is 11.1 Å². The molecule has 4 nitrogen and oxygen atoms in total. The first kappa shape index (κ1) is 23.0. The minimum absolute atomic E-state index is 0.0987. The summed E-state index contributed by atoms with van der Waals surface area (Å²) in [5.74, 6) is -1.58. The monoisotopic (exact) mass is 449 g/mol. The molecule has 4 aromatic carbocycles. The Kier molecular flexibility index (Phi) is 6.60. The molecule has 0 saturated carbocycles. The fourth-order valence-electron chi connectivity index (χ4n) is 4.69. The normalized spacial score (nSPS) is 12.1. The third-order valence-corrected chi connectivity index (χ3v) is 6.26. The Labute approximate surface area is 200 Å². The molecule has 0 radical (unpaired) electrons. The van der Waals surface area contributed by atoms with Crippen molar-refractivity contribution in [2.75, 3.05) is 14.1 Å². The van der Waals surface area contributed by atoms with Crippen molar-refractivity contribution in [2.45, 2.75) is 11.3 Å².